The molecular formula is C19H22O2. The molecule has 0 radical (unpaired) electrons. The van der Waals surface area contributed by atoms with Crippen molar-refractivity contribution in [2.75, 3.05) is 0 Å². The van der Waals surface area contributed by atoms with Gasteiger partial charge in [0.1, 0.15) is 5.75 Å². The van der Waals surface area contributed by atoms with Crippen LogP contribution < -0.4 is 4.74 Å². The smallest absolute Gasteiger partial charge is 0.125 e. The normalized spacial score (nSPS) is 16.0. The summed E-state index contributed by atoms with van der Waals surface area (Å²) in [5.74, 6) is 1.04. The van der Waals surface area contributed by atoms with Crippen LogP contribution in [0.3, 0.4) is 0 Å². The summed E-state index contributed by atoms with van der Waals surface area (Å²) in [6, 6.07) is 16.3. The molecule has 2 heteroatoms. The van der Waals surface area contributed by atoms with Gasteiger partial charge in [0.25, 0.3) is 0 Å². The van der Waals surface area contributed by atoms with Gasteiger partial charge in [-0.25, -0.2) is 0 Å². The van der Waals surface area contributed by atoms with E-state index in [2.05, 4.69) is 24.3 Å². The van der Waals surface area contributed by atoms with Crippen molar-refractivity contribution in [2.24, 2.45) is 5.92 Å². The molecule has 1 aliphatic rings. The third kappa shape index (κ3) is 2.96. The summed E-state index contributed by atoms with van der Waals surface area (Å²) >= 11 is 0. The summed E-state index contributed by atoms with van der Waals surface area (Å²) in [5, 5.41) is 10.8. The molecule has 3 rings (SSSR count). The first-order valence-corrected chi connectivity index (χ1v) is 7.65. The van der Waals surface area contributed by atoms with Crippen molar-refractivity contribution in [1.82, 2.24) is 0 Å². The molecule has 0 amide bonds. The van der Waals surface area contributed by atoms with Gasteiger partial charge >= 0.3 is 0 Å². The van der Waals surface area contributed by atoms with Crippen LogP contribution in [0, 0.1) is 5.92 Å². The number of fused-ring (bicyclic) bond motifs is 1. The average molecular weight is 282 g/mol. The van der Waals surface area contributed by atoms with Crippen LogP contribution >= 0.6 is 0 Å². The van der Waals surface area contributed by atoms with E-state index in [9.17, 15) is 5.11 Å². The van der Waals surface area contributed by atoms with Crippen LogP contribution in [0.1, 0.15) is 36.6 Å². The molecule has 1 atom stereocenters. The van der Waals surface area contributed by atoms with Crippen molar-refractivity contribution in [3.05, 3.63) is 65.2 Å². The molecule has 110 valence electrons. The fraction of sp³-hybridized carbons (Fsp3) is 0.368. The molecule has 0 spiro atoms. The molecule has 2 aromatic rings. The second kappa shape index (κ2) is 5.90. The summed E-state index contributed by atoms with van der Waals surface area (Å²) in [6.45, 7) is 4.02. The molecule has 0 aliphatic heterocycles. The van der Waals surface area contributed by atoms with E-state index in [1.165, 1.54) is 11.1 Å². The largest absolute Gasteiger partial charge is 0.491 e. The molecule has 1 aliphatic carbocycles. The Morgan fingerprint density at radius 2 is 1.52 bits per heavy atom. The lowest BCUT2D eigenvalue weighted by molar-refractivity contribution is 0.107. The summed E-state index contributed by atoms with van der Waals surface area (Å²) in [7, 11) is 0. The van der Waals surface area contributed by atoms with Gasteiger partial charge in [0.2, 0.25) is 0 Å². The average Bonchev–Trinajstić information content (AvgIpc) is 2.90. The first-order chi connectivity index (χ1) is 10.1. The second-order valence-electron chi connectivity index (χ2n) is 6.09. The number of hydrogen-bond acceptors (Lipinski definition) is 2. The van der Waals surface area contributed by atoms with E-state index in [4.69, 9.17) is 4.74 Å². The number of aliphatic hydroxyl groups is 1. The zero-order valence-electron chi connectivity index (χ0n) is 12.6. The zero-order chi connectivity index (χ0) is 14.8. The number of para-hydroxylation sites is 1. The Kier molecular flexibility index (Phi) is 3.98. The van der Waals surface area contributed by atoms with Gasteiger partial charge in [-0.3, -0.25) is 0 Å². The predicted molar refractivity (Wildman–Crippen MR) is 84.5 cm³/mol. The van der Waals surface area contributed by atoms with Crippen molar-refractivity contribution >= 4 is 0 Å². The van der Waals surface area contributed by atoms with Gasteiger partial charge in [-0.05, 0) is 49.8 Å². The minimum absolute atomic E-state index is 0.110. The lowest BCUT2D eigenvalue weighted by Crippen LogP contribution is -2.15. The highest BCUT2D eigenvalue weighted by molar-refractivity contribution is 5.38. The standard InChI is InChI=1S/C19H22O2/c1-13(2)21-18-10-6-5-9-17(18)19(20)16-11-14-7-3-4-8-15(14)12-16/h3-10,13,16,19-20H,11-12H2,1-2H3. The van der Waals surface area contributed by atoms with E-state index in [0.29, 0.717) is 0 Å². The molecule has 0 saturated heterocycles. The molecule has 0 aromatic heterocycles. The summed E-state index contributed by atoms with van der Waals surface area (Å²) in [4.78, 5) is 0. The Balaban J connectivity index is 1.82. The lowest BCUT2D eigenvalue weighted by atomic mass is 9.92. The van der Waals surface area contributed by atoms with E-state index in [0.717, 1.165) is 24.2 Å². The van der Waals surface area contributed by atoms with Crippen LogP contribution in [0.4, 0.5) is 0 Å². The Bertz CT molecular complexity index is 593. The quantitative estimate of drug-likeness (QED) is 0.921. The second-order valence-corrected chi connectivity index (χ2v) is 6.09. The predicted octanol–water partition coefficient (Wildman–Crippen LogP) is 3.92. The van der Waals surface area contributed by atoms with Gasteiger partial charge in [-0.2, -0.15) is 0 Å². The van der Waals surface area contributed by atoms with Crippen LogP contribution in [0.5, 0.6) is 5.75 Å². The summed E-state index contributed by atoms with van der Waals surface area (Å²) in [5.41, 5.74) is 3.64. The molecule has 2 nitrogen and oxygen atoms in total. The first-order valence-electron chi connectivity index (χ1n) is 7.65. The number of ether oxygens (including phenoxy) is 1. The highest BCUT2D eigenvalue weighted by atomic mass is 16.5. The fourth-order valence-electron chi connectivity index (χ4n) is 3.16. The molecule has 0 fully saturated rings. The third-order valence-corrected chi connectivity index (χ3v) is 4.13. The van der Waals surface area contributed by atoms with Crippen LogP contribution in [0.2, 0.25) is 0 Å². The monoisotopic (exact) mass is 282 g/mol. The van der Waals surface area contributed by atoms with Crippen LogP contribution in [0.25, 0.3) is 0 Å². The van der Waals surface area contributed by atoms with Crippen molar-refractivity contribution < 1.29 is 9.84 Å². The highest BCUT2D eigenvalue weighted by Gasteiger charge is 2.29. The van der Waals surface area contributed by atoms with E-state index in [1.807, 2.05) is 38.1 Å². The first kappa shape index (κ1) is 14.2. The van der Waals surface area contributed by atoms with Crippen molar-refractivity contribution in [3.8, 4) is 5.75 Å². The molecular weight excluding hydrogens is 260 g/mol. The van der Waals surface area contributed by atoms with Crippen LogP contribution in [-0.4, -0.2) is 11.2 Å². The topological polar surface area (TPSA) is 29.5 Å². The van der Waals surface area contributed by atoms with Gasteiger partial charge in [0.05, 0.1) is 12.2 Å². The Hall–Kier alpha value is -1.80. The minimum atomic E-state index is -0.479. The number of rotatable bonds is 4. The Morgan fingerprint density at radius 1 is 0.952 bits per heavy atom. The van der Waals surface area contributed by atoms with E-state index < -0.39 is 6.10 Å². The van der Waals surface area contributed by atoms with E-state index in [1.54, 1.807) is 0 Å². The molecule has 1 N–H and O–H groups in total. The highest BCUT2D eigenvalue weighted by Crippen LogP contribution is 2.38. The summed E-state index contributed by atoms with van der Waals surface area (Å²) in [6.07, 6.45) is 1.51. The van der Waals surface area contributed by atoms with E-state index >= 15 is 0 Å². The number of benzene rings is 2. The number of aliphatic hydroxyl groups excluding tert-OH is 1. The maximum Gasteiger partial charge on any atom is 0.125 e. The lowest BCUT2D eigenvalue weighted by Gasteiger charge is -2.22. The Labute approximate surface area is 126 Å². The van der Waals surface area contributed by atoms with Crippen LogP contribution in [-0.2, 0) is 12.8 Å². The fourth-order valence-corrected chi connectivity index (χ4v) is 3.16. The molecule has 21 heavy (non-hydrogen) atoms. The zero-order valence-corrected chi connectivity index (χ0v) is 12.6. The van der Waals surface area contributed by atoms with Gasteiger partial charge in [-0.1, -0.05) is 42.5 Å². The molecule has 0 bridgehead atoms. The van der Waals surface area contributed by atoms with Gasteiger partial charge in [0.15, 0.2) is 0 Å². The third-order valence-electron chi connectivity index (χ3n) is 4.13. The molecule has 0 saturated carbocycles. The molecule has 0 heterocycles. The van der Waals surface area contributed by atoms with Crippen molar-refractivity contribution in [1.29, 1.82) is 0 Å². The minimum Gasteiger partial charge on any atom is -0.491 e. The van der Waals surface area contributed by atoms with Crippen LogP contribution in [0.15, 0.2) is 48.5 Å². The van der Waals surface area contributed by atoms with Crippen molar-refractivity contribution in [2.45, 2.75) is 38.9 Å². The summed E-state index contributed by atoms with van der Waals surface area (Å²) < 4.78 is 5.84. The van der Waals surface area contributed by atoms with Gasteiger partial charge < -0.3 is 9.84 Å². The molecule has 1 unspecified atom stereocenters. The maximum atomic E-state index is 10.8. The van der Waals surface area contributed by atoms with E-state index in [-0.39, 0.29) is 12.0 Å². The maximum absolute atomic E-state index is 10.8. The van der Waals surface area contributed by atoms with Gasteiger partial charge in [-0.15, -0.1) is 0 Å². The van der Waals surface area contributed by atoms with Crippen molar-refractivity contribution in [3.63, 3.8) is 0 Å². The Morgan fingerprint density at radius 3 is 2.14 bits per heavy atom. The molecule has 2 aromatic carbocycles. The number of hydrogen-bond donors (Lipinski definition) is 1. The van der Waals surface area contributed by atoms with Gasteiger partial charge in [0, 0.05) is 5.56 Å². The SMILES string of the molecule is CC(C)Oc1ccccc1C(O)C1Cc2ccccc2C1.